The van der Waals surface area contributed by atoms with E-state index in [1.165, 1.54) is 28.8 Å². The highest BCUT2D eigenvalue weighted by molar-refractivity contribution is 7.98. The molecule has 0 atom stereocenters. The predicted molar refractivity (Wildman–Crippen MR) is 123 cm³/mol. The van der Waals surface area contributed by atoms with Crippen LogP contribution in [0.25, 0.3) is 22.2 Å². The van der Waals surface area contributed by atoms with E-state index in [4.69, 9.17) is 14.0 Å². The van der Waals surface area contributed by atoms with Crippen molar-refractivity contribution in [2.45, 2.75) is 9.79 Å². The largest absolute Gasteiger partial charge is 0.454 e. The number of aromatic nitrogens is 2. The van der Waals surface area contributed by atoms with Gasteiger partial charge in [0.2, 0.25) is 12.6 Å². The lowest BCUT2D eigenvalue weighted by molar-refractivity contribution is 0.174. The van der Waals surface area contributed by atoms with Crippen LogP contribution < -0.4 is 13.8 Å². The summed E-state index contributed by atoms with van der Waals surface area (Å²) in [6.45, 7) is 0.115. The SMILES string of the molecule is CSc1ccc(-c2noc(-c3sccc3S(=O)(=O)N(C)c3ccc4c(c3)OCO4)n2)cc1. The summed E-state index contributed by atoms with van der Waals surface area (Å²) in [6, 6.07) is 14.3. The molecule has 0 unspecified atom stereocenters. The van der Waals surface area contributed by atoms with E-state index in [0.29, 0.717) is 27.9 Å². The molecule has 0 spiro atoms. The number of anilines is 1. The van der Waals surface area contributed by atoms with Crippen molar-refractivity contribution in [3.8, 4) is 33.7 Å². The molecule has 0 aliphatic carbocycles. The molecule has 32 heavy (non-hydrogen) atoms. The summed E-state index contributed by atoms with van der Waals surface area (Å²) in [6.07, 6.45) is 2.00. The Kier molecular flexibility index (Phi) is 5.31. The maximum Gasteiger partial charge on any atom is 0.269 e. The molecule has 8 nitrogen and oxygen atoms in total. The molecule has 0 bridgehead atoms. The lowest BCUT2D eigenvalue weighted by atomic mass is 10.2. The monoisotopic (exact) mass is 487 g/mol. The molecule has 5 rings (SSSR count). The van der Waals surface area contributed by atoms with E-state index in [-0.39, 0.29) is 17.6 Å². The molecule has 4 aromatic rings. The summed E-state index contributed by atoms with van der Waals surface area (Å²) in [5, 5.41) is 5.73. The van der Waals surface area contributed by atoms with Crippen molar-refractivity contribution in [3.63, 3.8) is 0 Å². The third kappa shape index (κ3) is 3.61. The van der Waals surface area contributed by atoms with E-state index in [2.05, 4.69) is 10.1 Å². The van der Waals surface area contributed by atoms with E-state index >= 15 is 0 Å². The fourth-order valence-corrected chi connectivity index (χ4v) is 6.11. The highest BCUT2D eigenvalue weighted by Crippen LogP contribution is 2.39. The molecule has 0 saturated carbocycles. The Morgan fingerprint density at radius 1 is 1.06 bits per heavy atom. The van der Waals surface area contributed by atoms with Crippen LogP contribution in [0, 0.1) is 0 Å². The third-order valence-electron chi connectivity index (χ3n) is 4.96. The lowest BCUT2D eigenvalue weighted by Gasteiger charge is -2.19. The standard InChI is InChI=1S/C21H17N3O5S3/c1-24(14-5-8-16-17(11-14)28-12-27-16)32(25,26)18-9-10-31-19(18)21-22-20(23-29-21)13-3-6-15(30-2)7-4-13/h3-11H,12H2,1-2H3. The fourth-order valence-electron chi connectivity index (χ4n) is 3.20. The van der Waals surface area contributed by atoms with Gasteiger partial charge < -0.3 is 14.0 Å². The van der Waals surface area contributed by atoms with Gasteiger partial charge >= 0.3 is 0 Å². The number of nitrogens with zero attached hydrogens (tertiary/aromatic N) is 3. The second-order valence-electron chi connectivity index (χ2n) is 6.78. The number of fused-ring (bicyclic) bond motifs is 1. The minimum absolute atomic E-state index is 0.0931. The Labute approximate surface area is 192 Å². The van der Waals surface area contributed by atoms with E-state index in [1.54, 1.807) is 35.3 Å². The minimum atomic E-state index is -3.89. The highest BCUT2D eigenvalue weighted by atomic mass is 32.2. The van der Waals surface area contributed by atoms with Crippen molar-refractivity contribution < 1.29 is 22.4 Å². The minimum Gasteiger partial charge on any atom is -0.454 e. The molecule has 2 aromatic heterocycles. The first-order valence-electron chi connectivity index (χ1n) is 9.42. The summed E-state index contributed by atoms with van der Waals surface area (Å²) >= 11 is 2.87. The molecular weight excluding hydrogens is 470 g/mol. The van der Waals surface area contributed by atoms with Crippen molar-refractivity contribution in [2.24, 2.45) is 0 Å². The first-order chi connectivity index (χ1) is 15.5. The summed E-state index contributed by atoms with van der Waals surface area (Å²) in [5.74, 6) is 1.64. The first kappa shape index (κ1) is 20.9. The van der Waals surface area contributed by atoms with Gasteiger partial charge in [0.1, 0.15) is 9.77 Å². The quantitative estimate of drug-likeness (QED) is 0.360. The fraction of sp³-hybridized carbons (Fsp3) is 0.143. The zero-order valence-corrected chi connectivity index (χ0v) is 19.5. The zero-order valence-electron chi connectivity index (χ0n) is 17.0. The Hall–Kier alpha value is -3.02. The van der Waals surface area contributed by atoms with Crippen LogP contribution in [0.3, 0.4) is 0 Å². The van der Waals surface area contributed by atoms with Crippen molar-refractivity contribution in [3.05, 3.63) is 53.9 Å². The molecule has 2 aromatic carbocycles. The second-order valence-corrected chi connectivity index (χ2v) is 10.5. The average molecular weight is 488 g/mol. The number of ether oxygens (including phenoxy) is 2. The maximum atomic E-state index is 13.4. The van der Waals surface area contributed by atoms with Crippen molar-refractivity contribution in [2.75, 3.05) is 24.4 Å². The van der Waals surface area contributed by atoms with E-state index < -0.39 is 10.0 Å². The molecule has 0 fully saturated rings. The third-order valence-corrected chi connectivity index (χ3v) is 8.56. The van der Waals surface area contributed by atoms with Gasteiger partial charge in [-0.1, -0.05) is 5.16 Å². The van der Waals surface area contributed by atoms with E-state index in [1.807, 2.05) is 30.5 Å². The summed E-state index contributed by atoms with van der Waals surface area (Å²) in [4.78, 5) is 6.04. The van der Waals surface area contributed by atoms with Crippen LogP contribution in [-0.4, -0.2) is 38.7 Å². The van der Waals surface area contributed by atoms with Crippen LogP contribution in [0.15, 0.2) is 68.2 Å². The van der Waals surface area contributed by atoms with Gasteiger partial charge in [0.25, 0.3) is 15.9 Å². The van der Waals surface area contributed by atoms with Gasteiger partial charge in [-0.3, -0.25) is 4.31 Å². The van der Waals surface area contributed by atoms with Gasteiger partial charge in [0.15, 0.2) is 11.5 Å². The van der Waals surface area contributed by atoms with Crippen molar-refractivity contribution in [1.82, 2.24) is 10.1 Å². The topological polar surface area (TPSA) is 94.8 Å². The number of hydrogen-bond donors (Lipinski definition) is 0. The van der Waals surface area contributed by atoms with E-state index in [9.17, 15) is 8.42 Å². The van der Waals surface area contributed by atoms with Crippen LogP contribution in [0.2, 0.25) is 0 Å². The summed E-state index contributed by atoms with van der Waals surface area (Å²) in [5.41, 5.74) is 1.24. The van der Waals surface area contributed by atoms with E-state index in [0.717, 1.165) is 10.5 Å². The first-order valence-corrected chi connectivity index (χ1v) is 13.0. The molecule has 0 radical (unpaired) electrons. The molecular formula is C21H17N3O5S3. The number of thioether (sulfide) groups is 1. The van der Waals surface area contributed by atoms with Crippen LogP contribution in [0.5, 0.6) is 11.5 Å². The molecule has 11 heteroatoms. The predicted octanol–water partition coefficient (Wildman–Crippen LogP) is 4.74. The number of hydrogen-bond acceptors (Lipinski definition) is 9. The van der Waals surface area contributed by atoms with Gasteiger partial charge in [0, 0.05) is 23.6 Å². The molecule has 0 amide bonds. The Morgan fingerprint density at radius 2 is 1.84 bits per heavy atom. The number of rotatable bonds is 6. The summed E-state index contributed by atoms with van der Waals surface area (Å²) in [7, 11) is -2.41. The number of sulfonamides is 1. The number of thiophene rings is 1. The van der Waals surface area contributed by atoms with Crippen LogP contribution >= 0.6 is 23.1 Å². The Morgan fingerprint density at radius 3 is 2.62 bits per heavy atom. The van der Waals surface area contributed by atoms with Crippen LogP contribution in [0.4, 0.5) is 5.69 Å². The summed E-state index contributed by atoms with van der Waals surface area (Å²) < 4.78 is 44.1. The smallest absolute Gasteiger partial charge is 0.269 e. The molecule has 0 N–H and O–H groups in total. The van der Waals surface area contributed by atoms with Crippen LogP contribution in [-0.2, 0) is 10.0 Å². The second kappa shape index (κ2) is 8.15. The highest BCUT2D eigenvalue weighted by Gasteiger charge is 2.29. The van der Waals surface area contributed by atoms with Gasteiger partial charge in [-0.25, -0.2) is 8.42 Å². The Bertz CT molecular complexity index is 1380. The normalized spacial score (nSPS) is 12.8. The van der Waals surface area contributed by atoms with Crippen molar-refractivity contribution in [1.29, 1.82) is 0 Å². The molecule has 1 aliphatic rings. The average Bonchev–Trinajstić information content (AvgIpc) is 3.58. The van der Waals surface area contributed by atoms with Crippen molar-refractivity contribution >= 4 is 38.8 Å². The number of benzene rings is 2. The Balaban J connectivity index is 1.47. The molecule has 164 valence electrons. The van der Waals surface area contributed by atoms with Gasteiger partial charge in [-0.05, 0) is 54.1 Å². The van der Waals surface area contributed by atoms with Crippen LogP contribution in [0.1, 0.15) is 0 Å². The van der Waals surface area contributed by atoms with Gasteiger partial charge in [-0.15, -0.1) is 23.1 Å². The van der Waals surface area contributed by atoms with Gasteiger partial charge in [0.05, 0.1) is 5.69 Å². The molecule has 1 aliphatic heterocycles. The van der Waals surface area contributed by atoms with Gasteiger partial charge in [-0.2, -0.15) is 4.98 Å². The molecule has 0 saturated heterocycles. The molecule has 3 heterocycles. The maximum absolute atomic E-state index is 13.4. The lowest BCUT2D eigenvalue weighted by Crippen LogP contribution is -2.26. The zero-order chi connectivity index (χ0) is 22.3.